The van der Waals surface area contributed by atoms with Crippen LogP contribution in [-0.2, 0) is 9.84 Å². The van der Waals surface area contributed by atoms with E-state index in [1.54, 1.807) is 42.5 Å². The third-order valence-corrected chi connectivity index (χ3v) is 5.88. The molecule has 0 heterocycles. The van der Waals surface area contributed by atoms with Crippen molar-refractivity contribution in [1.29, 1.82) is 0 Å². The van der Waals surface area contributed by atoms with Crippen LogP contribution in [0.2, 0.25) is 5.02 Å². The number of carbonyl (C=O) groups is 1. The van der Waals surface area contributed by atoms with Crippen LogP contribution >= 0.6 is 11.6 Å². The maximum atomic E-state index is 11.9. The lowest BCUT2D eigenvalue weighted by Gasteiger charge is -2.14. The van der Waals surface area contributed by atoms with E-state index >= 15 is 0 Å². The molecule has 5 nitrogen and oxygen atoms in total. The molecule has 0 aliphatic carbocycles. The third-order valence-electron chi connectivity index (χ3n) is 3.59. The van der Waals surface area contributed by atoms with Gasteiger partial charge in [0.15, 0.2) is 9.84 Å². The lowest BCUT2D eigenvalue weighted by Crippen LogP contribution is -2.28. The van der Waals surface area contributed by atoms with E-state index in [4.69, 9.17) is 16.3 Å². The molecular formula is C19H18ClNO4S. The van der Waals surface area contributed by atoms with Gasteiger partial charge in [0.05, 0.1) is 5.02 Å². The molecular weight excluding hydrogens is 374 g/mol. The average Bonchev–Trinajstić information content (AvgIpc) is 2.55. The molecule has 7 heteroatoms. The number of amides is 1. The summed E-state index contributed by atoms with van der Waals surface area (Å²) in [6, 6.07) is 13.4. The van der Waals surface area contributed by atoms with Crippen LogP contribution in [0.4, 0.5) is 10.5 Å². The Hall–Kier alpha value is -2.49. The van der Waals surface area contributed by atoms with E-state index in [0.29, 0.717) is 22.0 Å². The van der Waals surface area contributed by atoms with Crippen molar-refractivity contribution < 1.29 is 17.9 Å². The monoisotopic (exact) mass is 391 g/mol. The van der Waals surface area contributed by atoms with Crippen LogP contribution in [0.25, 0.3) is 0 Å². The van der Waals surface area contributed by atoms with Crippen molar-refractivity contribution in [2.75, 3.05) is 11.6 Å². The average molecular weight is 392 g/mol. The highest BCUT2D eigenvalue weighted by Gasteiger charge is 2.27. The first-order valence-electron chi connectivity index (χ1n) is 7.65. The normalized spacial score (nSPS) is 11.2. The van der Waals surface area contributed by atoms with Gasteiger partial charge in [-0.3, -0.25) is 5.32 Å². The molecule has 0 unspecified atom stereocenters. The number of hydrogen-bond acceptors (Lipinski definition) is 4. The van der Waals surface area contributed by atoms with Gasteiger partial charge in [0.25, 0.3) is 0 Å². The first-order chi connectivity index (χ1) is 12.1. The fourth-order valence-corrected chi connectivity index (χ4v) is 2.15. The van der Waals surface area contributed by atoms with Gasteiger partial charge in [-0.25, -0.2) is 13.2 Å². The van der Waals surface area contributed by atoms with Gasteiger partial charge < -0.3 is 4.74 Å². The topological polar surface area (TPSA) is 72.5 Å². The first-order valence-corrected chi connectivity index (χ1v) is 9.92. The molecule has 0 spiro atoms. The van der Waals surface area contributed by atoms with Gasteiger partial charge in [-0.2, -0.15) is 0 Å². The Morgan fingerprint density at radius 1 is 1.15 bits per heavy atom. The number of carbonyl (C=O) groups excluding carboxylic acids is 1. The van der Waals surface area contributed by atoms with Crippen molar-refractivity contribution in [2.24, 2.45) is 0 Å². The Morgan fingerprint density at radius 3 is 2.42 bits per heavy atom. The molecule has 26 heavy (non-hydrogen) atoms. The van der Waals surface area contributed by atoms with Crippen molar-refractivity contribution in [2.45, 2.75) is 18.6 Å². The van der Waals surface area contributed by atoms with Crippen molar-refractivity contribution in [1.82, 2.24) is 0 Å². The van der Waals surface area contributed by atoms with Crippen LogP contribution in [0.1, 0.15) is 19.4 Å². The number of halogens is 1. The van der Waals surface area contributed by atoms with Gasteiger partial charge in [-0.05, 0) is 44.2 Å². The van der Waals surface area contributed by atoms with Crippen LogP contribution in [0.3, 0.4) is 0 Å². The minimum Gasteiger partial charge on any atom is -0.410 e. The van der Waals surface area contributed by atoms with Gasteiger partial charge in [-0.15, -0.1) is 0 Å². The van der Waals surface area contributed by atoms with Crippen LogP contribution in [0.15, 0.2) is 48.5 Å². The second-order valence-electron chi connectivity index (χ2n) is 6.05. The molecule has 0 aliphatic rings. The Bertz CT molecular complexity index is 974. The van der Waals surface area contributed by atoms with Crippen molar-refractivity contribution in [3.63, 3.8) is 0 Å². The number of rotatable bonds is 3. The highest BCUT2D eigenvalue weighted by Crippen LogP contribution is 2.21. The fourth-order valence-electron chi connectivity index (χ4n) is 1.75. The quantitative estimate of drug-likeness (QED) is 0.798. The van der Waals surface area contributed by atoms with Crippen molar-refractivity contribution >= 4 is 33.2 Å². The number of sulfone groups is 1. The Balaban J connectivity index is 2.19. The highest BCUT2D eigenvalue weighted by molar-refractivity contribution is 7.92. The molecule has 2 aromatic rings. The minimum absolute atomic E-state index is 0.351. The van der Waals surface area contributed by atoms with E-state index in [0.717, 1.165) is 6.26 Å². The maximum Gasteiger partial charge on any atom is 0.417 e. The number of hydrogen-bond donors (Lipinski definition) is 1. The summed E-state index contributed by atoms with van der Waals surface area (Å²) in [4.78, 5) is 11.9. The van der Waals surface area contributed by atoms with Crippen molar-refractivity contribution in [3.05, 3.63) is 59.1 Å². The summed E-state index contributed by atoms with van der Waals surface area (Å²) in [5.41, 5.74) is 0.831. The summed E-state index contributed by atoms with van der Waals surface area (Å²) in [5, 5.41) is 2.93. The van der Waals surface area contributed by atoms with Gasteiger partial charge in [0.1, 0.15) is 10.5 Å². The summed E-state index contributed by atoms with van der Waals surface area (Å²) >= 11 is 6.11. The Kier molecular flexibility index (Phi) is 5.96. The molecule has 2 rings (SSSR count). The minimum atomic E-state index is -3.36. The van der Waals surface area contributed by atoms with Gasteiger partial charge in [0.2, 0.25) is 0 Å². The van der Waals surface area contributed by atoms with E-state index in [9.17, 15) is 13.2 Å². The third kappa shape index (κ3) is 5.25. The molecule has 0 aromatic heterocycles. The smallest absolute Gasteiger partial charge is 0.410 e. The lowest BCUT2D eigenvalue weighted by molar-refractivity contribution is 0.215. The van der Waals surface area contributed by atoms with Crippen LogP contribution in [0.5, 0.6) is 5.75 Å². The summed E-state index contributed by atoms with van der Waals surface area (Å²) in [7, 11) is -3.36. The van der Waals surface area contributed by atoms with Crippen LogP contribution < -0.4 is 10.1 Å². The lowest BCUT2D eigenvalue weighted by atomic mass is 10.1. The predicted molar refractivity (Wildman–Crippen MR) is 103 cm³/mol. The molecule has 136 valence electrons. The Morgan fingerprint density at radius 2 is 1.81 bits per heavy atom. The Labute approximate surface area is 158 Å². The zero-order valence-electron chi connectivity index (χ0n) is 14.5. The van der Waals surface area contributed by atoms with Crippen LogP contribution in [0, 0.1) is 11.8 Å². The molecule has 0 saturated heterocycles. The second kappa shape index (κ2) is 7.81. The molecule has 0 fully saturated rings. The van der Waals surface area contributed by atoms with E-state index in [1.807, 2.05) is 6.07 Å². The number of ether oxygens (including phenoxy) is 1. The van der Waals surface area contributed by atoms with Crippen LogP contribution in [-0.4, -0.2) is 25.5 Å². The van der Waals surface area contributed by atoms with Crippen molar-refractivity contribution in [3.8, 4) is 17.6 Å². The molecule has 1 N–H and O–H groups in total. The number of anilines is 1. The molecule has 0 radical (unpaired) electrons. The highest BCUT2D eigenvalue weighted by atomic mass is 35.5. The second-order valence-corrected chi connectivity index (χ2v) is 9.03. The molecule has 0 aliphatic heterocycles. The largest absolute Gasteiger partial charge is 0.417 e. The van der Waals surface area contributed by atoms with E-state index in [2.05, 4.69) is 17.2 Å². The molecule has 2 aromatic carbocycles. The number of benzene rings is 2. The van der Waals surface area contributed by atoms with Gasteiger partial charge in [0, 0.05) is 17.5 Å². The fraction of sp³-hybridized carbons (Fsp3) is 0.211. The number of para-hydroxylation sites is 1. The predicted octanol–water partition coefficient (Wildman–Crippen LogP) is 4.13. The summed E-state index contributed by atoms with van der Waals surface area (Å²) in [5.74, 6) is 5.89. The summed E-state index contributed by atoms with van der Waals surface area (Å²) < 4.78 is 27.4. The van der Waals surface area contributed by atoms with Gasteiger partial charge in [-0.1, -0.05) is 41.6 Å². The SMILES string of the molecule is CC(C)(C#Cc1cc(NC(=O)Oc2ccccc2)ccc1Cl)S(C)(=O)=O. The summed E-state index contributed by atoms with van der Waals surface area (Å²) in [6.45, 7) is 3.03. The van der Waals surface area contributed by atoms with E-state index in [-0.39, 0.29) is 0 Å². The molecule has 0 bridgehead atoms. The maximum absolute atomic E-state index is 11.9. The van der Waals surface area contributed by atoms with E-state index in [1.165, 1.54) is 13.8 Å². The zero-order chi connectivity index (χ0) is 19.4. The first kappa shape index (κ1) is 19.8. The molecule has 1 amide bonds. The zero-order valence-corrected chi connectivity index (χ0v) is 16.1. The molecule has 0 saturated carbocycles. The number of nitrogens with one attached hydrogen (secondary N) is 1. The standard InChI is InChI=1S/C19H18ClNO4S/c1-19(2,26(3,23)24)12-11-14-13-15(9-10-17(14)20)21-18(22)25-16-7-5-4-6-8-16/h4-10,13H,1-3H3,(H,21,22). The van der Waals surface area contributed by atoms with Gasteiger partial charge >= 0.3 is 6.09 Å². The van der Waals surface area contributed by atoms with E-state index < -0.39 is 20.7 Å². The summed E-state index contributed by atoms with van der Waals surface area (Å²) in [6.07, 6.45) is 0.467. The molecule has 0 atom stereocenters.